The van der Waals surface area contributed by atoms with Crippen molar-refractivity contribution in [1.82, 2.24) is 14.5 Å². The van der Waals surface area contributed by atoms with Gasteiger partial charge >= 0.3 is 0 Å². The fourth-order valence-electron chi connectivity index (χ4n) is 2.36. The number of pyridine rings is 1. The van der Waals surface area contributed by atoms with Crippen molar-refractivity contribution in [3.05, 3.63) is 18.6 Å². The van der Waals surface area contributed by atoms with Crippen molar-refractivity contribution in [2.45, 2.75) is 18.9 Å². The molecule has 0 saturated carbocycles. The minimum Gasteiger partial charge on any atom is -0.393 e. The molecule has 0 bridgehead atoms. The van der Waals surface area contributed by atoms with Crippen molar-refractivity contribution >= 4 is 16.9 Å². The van der Waals surface area contributed by atoms with E-state index in [4.69, 9.17) is 0 Å². The molecule has 3 rings (SSSR count). The number of nitrogens with zero attached hydrogens (tertiary/aromatic N) is 4. The van der Waals surface area contributed by atoms with Crippen molar-refractivity contribution in [2.24, 2.45) is 7.05 Å². The fourth-order valence-corrected chi connectivity index (χ4v) is 2.36. The smallest absolute Gasteiger partial charge is 0.156 e. The van der Waals surface area contributed by atoms with Gasteiger partial charge in [-0.05, 0) is 18.9 Å². The maximum absolute atomic E-state index is 9.52. The molecular formula is C12H16N4O. The second-order valence-electron chi connectivity index (χ2n) is 4.58. The van der Waals surface area contributed by atoms with E-state index in [1.165, 1.54) is 0 Å². The topological polar surface area (TPSA) is 54.2 Å². The van der Waals surface area contributed by atoms with Gasteiger partial charge in [-0.25, -0.2) is 9.97 Å². The summed E-state index contributed by atoms with van der Waals surface area (Å²) in [5.41, 5.74) is 2.05. The highest BCUT2D eigenvalue weighted by molar-refractivity contribution is 5.86. The Morgan fingerprint density at radius 1 is 1.29 bits per heavy atom. The monoisotopic (exact) mass is 232 g/mol. The van der Waals surface area contributed by atoms with Gasteiger partial charge in [0.2, 0.25) is 0 Å². The molecule has 1 aliphatic rings. The molecule has 0 amide bonds. The Balaban J connectivity index is 2.00. The molecule has 0 unspecified atom stereocenters. The summed E-state index contributed by atoms with van der Waals surface area (Å²) in [5, 5.41) is 9.52. The highest BCUT2D eigenvalue weighted by Crippen LogP contribution is 2.25. The Labute approximate surface area is 99.7 Å². The quantitative estimate of drug-likeness (QED) is 0.794. The molecule has 1 saturated heterocycles. The maximum Gasteiger partial charge on any atom is 0.156 e. The molecule has 0 radical (unpaired) electrons. The average Bonchev–Trinajstić information content (AvgIpc) is 2.73. The van der Waals surface area contributed by atoms with E-state index in [1.807, 2.05) is 30.2 Å². The summed E-state index contributed by atoms with van der Waals surface area (Å²) >= 11 is 0. The first-order chi connectivity index (χ1) is 8.25. The van der Waals surface area contributed by atoms with Crippen LogP contribution in [0.3, 0.4) is 0 Å². The summed E-state index contributed by atoms with van der Waals surface area (Å²) < 4.78 is 2.00. The van der Waals surface area contributed by atoms with Crippen molar-refractivity contribution in [1.29, 1.82) is 0 Å². The zero-order valence-electron chi connectivity index (χ0n) is 9.87. The van der Waals surface area contributed by atoms with E-state index in [1.54, 1.807) is 0 Å². The molecule has 90 valence electrons. The first-order valence-electron chi connectivity index (χ1n) is 5.95. The molecule has 2 aromatic heterocycles. The zero-order valence-corrected chi connectivity index (χ0v) is 9.87. The molecule has 0 atom stereocenters. The van der Waals surface area contributed by atoms with Crippen LogP contribution < -0.4 is 4.90 Å². The highest BCUT2D eigenvalue weighted by atomic mass is 16.3. The summed E-state index contributed by atoms with van der Waals surface area (Å²) in [6.45, 7) is 1.70. The lowest BCUT2D eigenvalue weighted by Gasteiger charge is -2.30. The molecule has 0 spiro atoms. The SMILES string of the molecule is Cn1cnc2c(N3CCC(O)CC3)nccc21. The van der Waals surface area contributed by atoms with Crippen LogP contribution in [0.15, 0.2) is 18.6 Å². The van der Waals surface area contributed by atoms with Gasteiger partial charge in [0.05, 0.1) is 17.9 Å². The molecule has 1 fully saturated rings. The second-order valence-corrected chi connectivity index (χ2v) is 4.58. The van der Waals surface area contributed by atoms with E-state index in [-0.39, 0.29) is 6.10 Å². The molecule has 0 aromatic carbocycles. The first-order valence-corrected chi connectivity index (χ1v) is 5.95. The van der Waals surface area contributed by atoms with Gasteiger partial charge < -0.3 is 14.6 Å². The van der Waals surface area contributed by atoms with Crippen molar-refractivity contribution < 1.29 is 5.11 Å². The molecule has 1 N–H and O–H groups in total. The number of anilines is 1. The lowest BCUT2D eigenvalue weighted by Crippen LogP contribution is -2.36. The standard InChI is InChI=1S/C12H16N4O/c1-15-8-14-11-10(15)2-5-13-12(11)16-6-3-9(17)4-7-16/h2,5,8-9,17H,3-4,6-7H2,1H3. The third-order valence-electron chi connectivity index (χ3n) is 3.39. The maximum atomic E-state index is 9.52. The number of aryl methyl sites for hydroxylation is 1. The molecule has 1 aliphatic heterocycles. The van der Waals surface area contributed by atoms with Crippen LogP contribution in [0.1, 0.15) is 12.8 Å². The third kappa shape index (κ3) is 1.76. The second kappa shape index (κ2) is 4.00. The van der Waals surface area contributed by atoms with Gasteiger partial charge in [-0.15, -0.1) is 0 Å². The van der Waals surface area contributed by atoms with E-state index >= 15 is 0 Å². The number of hydrogen-bond donors (Lipinski definition) is 1. The zero-order chi connectivity index (χ0) is 11.8. The normalized spacial score (nSPS) is 17.9. The number of aromatic nitrogens is 3. The average molecular weight is 232 g/mol. The molecule has 3 heterocycles. The summed E-state index contributed by atoms with van der Waals surface area (Å²) in [6.07, 6.45) is 5.10. The van der Waals surface area contributed by atoms with Crippen LogP contribution in [0.2, 0.25) is 0 Å². The Morgan fingerprint density at radius 3 is 2.82 bits per heavy atom. The predicted octanol–water partition coefficient (Wildman–Crippen LogP) is 0.929. The molecule has 5 heteroatoms. The van der Waals surface area contributed by atoms with E-state index in [9.17, 15) is 5.11 Å². The number of fused-ring (bicyclic) bond motifs is 1. The van der Waals surface area contributed by atoms with Crippen LogP contribution >= 0.6 is 0 Å². The van der Waals surface area contributed by atoms with Crippen molar-refractivity contribution in [3.63, 3.8) is 0 Å². The number of aliphatic hydroxyl groups is 1. The van der Waals surface area contributed by atoms with Gasteiger partial charge in [0.1, 0.15) is 5.52 Å². The first kappa shape index (κ1) is 10.5. The Bertz CT molecular complexity index is 528. The van der Waals surface area contributed by atoms with E-state index in [0.717, 1.165) is 42.8 Å². The van der Waals surface area contributed by atoms with Crippen LogP contribution in [-0.4, -0.2) is 38.8 Å². The van der Waals surface area contributed by atoms with Crippen LogP contribution in [0.4, 0.5) is 5.82 Å². The number of rotatable bonds is 1. The van der Waals surface area contributed by atoms with Crippen LogP contribution in [0.5, 0.6) is 0 Å². The van der Waals surface area contributed by atoms with E-state index in [0.29, 0.717) is 0 Å². The predicted molar refractivity (Wildman–Crippen MR) is 66.0 cm³/mol. The van der Waals surface area contributed by atoms with Crippen LogP contribution in [0, 0.1) is 0 Å². The third-order valence-corrected chi connectivity index (χ3v) is 3.39. The van der Waals surface area contributed by atoms with Gasteiger partial charge in [0.25, 0.3) is 0 Å². The highest BCUT2D eigenvalue weighted by Gasteiger charge is 2.20. The lowest BCUT2D eigenvalue weighted by molar-refractivity contribution is 0.145. The minimum absolute atomic E-state index is 0.158. The number of imidazole rings is 1. The van der Waals surface area contributed by atoms with Gasteiger partial charge in [-0.3, -0.25) is 0 Å². The molecule has 0 aliphatic carbocycles. The van der Waals surface area contributed by atoms with Gasteiger partial charge in [-0.1, -0.05) is 0 Å². The number of piperidine rings is 1. The molecule has 17 heavy (non-hydrogen) atoms. The summed E-state index contributed by atoms with van der Waals surface area (Å²) in [7, 11) is 1.99. The number of aliphatic hydroxyl groups excluding tert-OH is 1. The molecule has 5 nitrogen and oxygen atoms in total. The molecule has 2 aromatic rings. The molecular weight excluding hydrogens is 216 g/mol. The Morgan fingerprint density at radius 2 is 2.06 bits per heavy atom. The summed E-state index contributed by atoms with van der Waals surface area (Å²) in [4.78, 5) is 11.1. The van der Waals surface area contributed by atoms with Gasteiger partial charge in [0.15, 0.2) is 5.82 Å². The van der Waals surface area contributed by atoms with Crippen LogP contribution in [0.25, 0.3) is 11.0 Å². The van der Waals surface area contributed by atoms with Gasteiger partial charge in [0, 0.05) is 26.3 Å². The lowest BCUT2D eigenvalue weighted by atomic mass is 10.1. The number of hydrogen-bond acceptors (Lipinski definition) is 4. The van der Waals surface area contributed by atoms with Crippen molar-refractivity contribution in [3.8, 4) is 0 Å². The Kier molecular flexibility index (Phi) is 2.48. The van der Waals surface area contributed by atoms with Crippen molar-refractivity contribution in [2.75, 3.05) is 18.0 Å². The fraction of sp³-hybridized carbons (Fsp3) is 0.500. The van der Waals surface area contributed by atoms with E-state index < -0.39 is 0 Å². The van der Waals surface area contributed by atoms with Gasteiger partial charge in [-0.2, -0.15) is 0 Å². The Hall–Kier alpha value is -1.62. The summed E-state index contributed by atoms with van der Waals surface area (Å²) in [6, 6.07) is 1.98. The largest absolute Gasteiger partial charge is 0.393 e. The minimum atomic E-state index is -0.158. The van der Waals surface area contributed by atoms with Crippen LogP contribution in [-0.2, 0) is 7.05 Å². The summed E-state index contributed by atoms with van der Waals surface area (Å²) in [5.74, 6) is 0.940. The van der Waals surface area contributed by atoms with E-state index in [2.05, 4.69) is 14.9 Å².